The van der Waals surface area contributed by atoms with Crippen molar-refractivity contribution in [2.45, 2.75) is 106 Å². The predicted molar refractivity (Wildman–Crippen MR) is 166 cm³/mol. The van der Waals surface area contributed by atoms with Gasteiger partial charge in [-0.15, -0.1) is 0 Å². The Labute approximate surface area is 249 Å². The molecule has 1 unspecified atom stereocenters. The summed E-state index contributed by atoms with van der Waals surface area (Å²) in [5.74, 6) is 1.71. The van der Waals surface area contributed by atoms with Crippen LogP contribution in [0, 0.1) is 24.2 Å². The van der Waals surface area contributed by atoms with Crippen LogP contribution in [0.5, 0.6) is 0 Å². The van der Waals surface area contributed by atoms with Gasteiger partial charge in [-0.3, -0.25) is 10.1 Å². The summed E-state index contributed by atoms with van der Waals surface area (Å²) >= 11 is 0. The highest BCUT2D eigenvalue weighted by Crippen LogP contribution is 2.28. The summed E-state index contributed by atoms with van der Waals surface area (Å²) in [6.45, 7) is 15.0. The molecule has 1 aromatic carbocycles. The lowest BCUT2D eigenvalue weighted by molar-refractivity contribution is -0.137. The quantitative estimate of drug-likeness (QED) is 0.201. The number of imidazole rings is 1. The number of benzene rings is 1. The molecule has 42 heavy (non-hydrogen) atoms. The highest BCUT2D eigenvalue weighted by molar-refractivity contribution is 5.80. The fourth-order valence-electron chi connectivity index (χ4n) is 3.56. The number of fused-ring (bicyclic) bond motifs is 1. The van der Waals surface area contributed by atoms with Crippen LogP contribution < -0.4 is 0 Å². The van der Waals surface area contributed by atoms with Gasteiger partial charge in [0.25, 0.3) is 0 Å². The molecule has 0 aliphatic rings. The number of rotatable bonds is 8. The van der Waals surface area contributed by atoms with Crippen molar-refractivity contribution >= 4 is 11.0 Å². The first-order chi connectivity index (χ1) is 20.0. The van der Waals surface area contributed by atoms with Crippen LogP contribution >= 0.6 is 0 Å². The van der Waals surface area contributed by atoms with Gasteiger partial charge in [-0.1, -0.05) is 86.5 Å². The summed E-state index contributed by atoms with van der Waals surface area (Å²) in [6, 6.07) is 9.88. The van der Waals surface area contributed by atoms with Crippen molar-refractivity contribution in [2.24, 2.45) is 5.92 Å². The van der Waals surface area contributed by atoms with Gasteiger partial charge < -0.3 is 4.98 Å². The van der Waals surface area contributed by atoms with Crippen molar-refractivity contribution in [3.8, 4) is 17.6 Å². The Kier molecular flexibility index (Phi) is 16.8. The van der Waals surface area contributed by atoms with Crippen LogP contribution in [0.2, 0.25) is 0 Å². The van der Waals surface area contributed by atoms with Crippen LogP contribution in [0.4, 0.5) is 13.2 Å². The molecule has 0 bridgehead atoms. The van der Waals surface area contributed by atoms with E-state index in [2.05, 4.69) is 72.8 Å². The van der Waals surface area contributed by atoms with E-state index in [9.17, 15) is 13.2 Å². The number of hydrogen-bond donors (Lipinski definition) is 2. The predicted octanol–water partition coefficient (Wildman–Crippen LogP) is 10.2. The Morgan fingerprint density at radius 2 is 1.67 bits per heavy atom. The van der Waals surface area contributed by atoms with E-state index in [4.69, 9.17) is 5.26 Å². The summed E-state index contributed by atoms with van der Waals surface area (Å²) in [6.07, 6.45) is 8.89. The number of aromatic amines is 2. The molecule has 0 aliphatic heterocycles. The van der Waals surface area contributed by atoms with Gasteiger partial charge >= 0.3 is 6.18 Å². The number of aryl methyl sites for hydroxylation is 2. The van der Waals surface area contributed by atoms with Crippen molar-refractivity contribution in [2.75, 3.05) is 0 Å². The zero-order chi connectivity index (χ0) is 31.5. The molecule has 4 aromatic rings. The average Bonchev–Trinajstić information content (AvgIpc) is 3.64. The van der Waals surface area contributed by atoms with Crippen molar-refractivity contribution in [3.63, 3.8) is 0 Å². The minimum atomic E-state index is -4.28. The molecule has 9 heteroatoms. The fourth-order valence-corrected chi connectivity index (χ4v) is 3.56. The molecule has 0 fully saturated rings. The zero-order valence-corrected chi connectivity index (χ0v) is 26.2. The summed E-state index contributed by atoms with van der Waals surface area (Å²) in [4.78, 5) is 11.2. The van der Waals surface area contributed by atoms with Crippen molar-refractivity contribution in [3.05, 3.63) is 65.1 Å². The molecule has 0 saturated carbocycles. The van der Waals surface area contributed by atoms with Crippen LogP contribution in [0.25, 0.3) is 22.6 Å². The number of nitrogens with zero attached hydrogens (tertiary/aromatic N) is 4. The Bertz CT molecular complexity index is 1310. The third kappa shape index (κ3) is 12.9. The van der Waals surface area contributed by atoms with Gasteiger partial charge in [-0.05, 0) is 49.6 Å². The van der Waals surface area contributed by atoms with Gasteiger partial charge in [-0.2, -0.15) is 23.5 Å². The van der Waals surface area contributed by atoms with Crippen LogP contribution in [0.3, 0.4) is 0 Å². The topological polar surface area (TPSA) is 94.0 Å². The first-order valence-corrected chi connectivity index (χ1v) is 15.0. The number of halogens is 3. The first kappa shape index (κ1) is 36.4. The molecule has 6 nitrogen and oxygen atoms in total. The molecule has 230 valence electrons. The lowest BCUT2D eigenvalue weighted by atomic mass is 10.0. The van der Waals surface area contributed by atoms with Gasteiger partial charge in [0.2, 0.25) is 0 Å². The lowest BCUT2D eigenvalue weighted by Crippen LogP contribution is -2.05. The third-order valence-corrected chi connectivity index (χ3v) is 6.68. The second kappa shape index (κ2) is 19.5. The molecule has 0 radical (unpaired) electrons. The fraction of sp³-hybridized carbons (Fsp3) is 0.515. The van der Waals surface area contributed by atoms with E-state index in [1.807, 2.05) is 12.3 Å². The van der Waals surface area contributed by atoms with E-state index in [1.54, 1.807) is 19.1 Å². The Morgan fingerprint density at radius 1 is 0.952 bits per heavy atom. The molecule has 4 rings (SSSR count). The summed E-state index contributed by atoms with van der Waals surface area (Å²) in [5, 5.41) is 15.9. The molecule has 2 N–H and O–H groups in total. The van der Waals surface area contributed by atoms with Crippen LogP contribution in [0.15, 0.2) is 42.7 Å². The maximum Gasteiger partial charge on any atom is 0.417 e. The summed E-state index contributed by atoms with van der Waals surface area (Å²) in [5.41, 5.74) is 4.24. The smallest absolute Gasteiger partial charge is 0.337 e. The first-order valence-electron chi connectivity index (χ1n) is 15.0. The van der Waals surface area contributed by atoms with E-state index in [1.165, 1.54) is 51.0 Å². The Morgan fingerprint density at radius 3 is 2.19 bits per heavy atom. The molecular formula is C33H47F3N6. The average molecular weight is 585 g/mol. The van der Waals surface area contributed by atoms with Gasteiger partial charge in [-0.25, -0.2) is 4.98 Å². The maximum atomic E-state index is 11.9. The highest BCUT2D eigenvalue weighted by atomic mass is 19.4. The van der Waals surface area contributed by atoms with Gasteiger partial charge in [0, 0.05) is 17.5 Å². The van der Waals surface area contributed by atoms with Gasteiger partial charge in [0.15, 0.2) is 5.82 Å². The number of aromatic nitrogens is 5. The van der Waals surface area contributed by atoms with Crippen LogP contribution in [-0.2, 0) is 12.6 Å². The lowest BCUT2D eigenvalue weighted by Gasteiger charge is -2.05. The van der Waals surface area contributed by atoms with E-state index in [0.717, 1.165) is 52.7 Å². The van der Waals surface area contributed by atoms with Crippen LogP contribution in [-0.4, -0.2) is 25.1 Å². The number of H-pyrrole nitrogens is 2. The number of alkyl halides is 3. The molecule has 1 atom stereocenters. The number of nitrogens with one attached hydrogen (secondary N) is 2. The van der Waals surface area contributed by atoms with E-state index in [0.29, 0.717) is 11.3 Å². The number of hydrogen-bond acceptors (Lipinski definition) is 4. The zero-order valence-electron chi connectivity index (χ0n) is 26.2. The molecule has 3 heterocycles. The summed E-state index contributed by atoms with van der Waals surface area (Å²) in [7, 11) is 0. The van der Waals surface area contributed by atoms with E-state index in [-0.39, 0.29) is 0 Å². The molecule has 0 amide bonds. The van der Waals surface area contributed by atoms with Crippen molar-refractivity contribution < 1.29 is 13.2 Å². The second-order valence-corrected chi connectivity index (χ2v) is 10.2. The summed E-state index contributed by atoms with van der Waals surface area (Å²) < 4.78 is 35.6. The third-order valence-electron chi connectivity index (χ3n) is 6.68. The minimum absolute atomic E-state index is 0.581. The molecule has 0 aliphatic carbocycles. The van der Waals surface area contributed by atoms with Crippen LogP contribution in [0.1, 0.15) is 109 Å². The van der Waals surface area contributed by atoms with E-state index < -0.39 is 11.7 Å². The maximum absolute atomic E-state index is 11.9. The Hall–Kier alpha value is -3.67. The normalized spacial score (nSPS) is 11.3. The second-order valence-electron chi connectivity index (χ2n) is 10.2. The SMILES string of the molecule is CCCC.CCCCCC(C)CC.CCc1cn[nH]c1-c1nc2ccc(C#N)cc2[nH]1.Cc1ccc(C(F)(F)F)cn1. The minimum Gasteiger partial charge on any atom is -0.337 e. The molecule has 0 spiro atoms. The number of unbranched alkanes of at least 4 members (excludes halogenated alkanes) is 3. The molecular weight excluding hydrogens is 537 g/mol. The molecule has 0 saturated heterocycles. The van der Waals surface area contributed by atoms with Gasteiger partial charge in [0.1, 0.15) is 5.69 Å². The van der Waals surface area contributed by atoms with E-state index >= 15 is 0 Å². The standard InChI is InChI=1S/C13H11N5.C9H20.C7H6F3N.C4H10/c1-2-9-7-15-18-12(9)13-16-10-4-3-8(6-14)5-11(10)17-13;1-4-6-7-8-9(3)5-2;1-5-2-3-6(4-11-5)7(8,9)10;1-3-4-2/h3-5,7H,2H2,1H3,(H,15,18)(H,16,17);9H,4-8H2,1-3H3;2-4H,1H3;3-4H2,1-2H3. The van der Waals surface area contributed by atoms with Crippen molar-refractivity contribution in [1.82, 2.24) is 25.1 Å². The number of pyridine rings is 1. The molecule has 3 aromatic heterocycles. The van der Waals surface area contributed by atoms with Crippen molar-refractivity contribution in [1.29, 1.82) is 5.26 Å². The largest absolute Gasteiger partial charge is 0.417 e. The number of nitriles is 1. The monoisotopic (exact) mass is 584 g/mol. The highest BCUT2D eigenvalue weighted by Gasteiger charge is 2.30. The van der Waals surface area contributed by atoms with Gasteiger partial charge in [0.05, 0.1) is 34.4 Å². The Balaban J connectivity index is 0.000000317.